The van der Waals surface area contributed by atoms with Crippen LogP contribution in [0.5, 0.6) is 0 Å². The maximum absolute atomic E-state index is 12.1. The molecule has 0 aromatic rings. The fraction of sp³-hybridized carbons (Fsp3) is 1.00. The first kappa shape index (κ1) is 13.7. The van der Waals surface area contributed by atoms with Crippen LogP contribution in [0.4, 0.5) is 8.78 Å². The van der Waals surface area contributed by atoms with Gasteiger partial charge in [0.05, 0.1) is 13.2 Å². The molecular weight excluding hydrogens is 190 g/mol. The average molecular weight is 210 g/mol. The van der Waals surface area contributed by atoms with E-state index in [2.05, 4.69) is 0 Å². The number of nitrogens with zero attached hydrogens (tertiary/aromatic N) is 2. The zero-order chi connectivity index (χ0) is 11.0. The summed E-state index contributed by atoms with van der Waals surface area (Å²) < 4.78 is 24.1. The molecule has 0 spiro atoms. The van der Waals surface area contributed by atoms with Crippen LogP contribution < -0.4 is 0 Å². The lowest BCUT2D eigenvalue weighted by atomic mass is 10.3. The Kier molecular flexibility index (Phi) is 7.93. The number of hydrogen-bond donors (Lipinski definition) is 1. The minimum atomic E-state index is -2.32. The Hall–Kier alpha value is -0.260. The number of rotatable bonds is 8. The van der Waals surface area contributed by atoms with Crippen molar-refractivity contribution in [2.45, 2.75) is 12.8 Å². The van der Waals surface area contributed by atoms with Crippen LogP contribution in [0.1, 0.15) is 6.42 Å². The summed E-state index contributed by atoms with van der Waals surface area (Å²) in [6.45, 7) is 1.52. The third kappa shape index (κ3) is 8.34. The van der Waals surface area contributed by atoms with Gasteiger partial charge in [-0.15, -0.1) is 0 Å². The largest absolute Gasteiger partial charge is 0.395 e. The van der Waals surface area contributed by atoms with Crippen LogP contribution >= 0.6 is 0 Å². The minimum absolute atomic E-state index is 0.0608. The molecule has 0 radical (unpaired) electrons. The van der Waals surface area contributed by atoms with Gasteiger partial charge in [-0.1, -0.05) is 0 Å². The predicted molar refractivity (Wildman–Crippen MR) is 52.7 cm³/mol. The summed E-state index contributed by atoms with van der Waals surface area (Å²) in [7, 11) is 3.90. The Labute approximate surface area is 84.3 Å². The topological polar surface area (TPSA) is 26.7 Å². The number of aliphatic hydroxyl groups excluding tert-OH is 1. The Morgan fingerprint density at radius 2 is 1.79 bits per heavy atom. The highest BCUT2D eigenvalue weighted by atomic mass is 19.3. The molecular formula is C9H20F2N2O. The molecule has 1 N–H and O–H groups in total. The van der Waals surface area contributed by atoms with Gasteiger partial charge >= 0.3 is 0 Å². The first-order valence-corrected chi connectivity index (χ1v) is 4.82. The third-order valence-electron chi connectivity index (χ3n) is 1.89. The van der Waals surface area contributed by atoms with Crippen molar-refractivity contribution in [1.82, 2.24) is 9.80 Å². The highest BCUT2D eigenvalue weighted by Gasteiger charge is 2.10. The summed E-state index contributed by atoms with van der Waals surface area (Å²) in [5, 5.41) is 8.66. The monoisotopic (exact) mass is 210 g/mol. The molecule has 0 fully saturated rings. The molecule has 3 nitrogen and oxygen atoms in total. The van der Waals surface area contributed by atoms with Gasteiger partial charge in [0.25, 0.3) is 6.43 Å². The zero-order valence-corrected chi connectivity index (χ0v) is 8.92. The Morgan fingerprint density at radius 3 is 2.21 bits per heavy atom. The van der Waals surface area contributed by atoms with Gasteiger partial charge in [-0.2, -0.15) is 0 Å². The smallest absolute Gasteiger partial charge is 0.251 e. The van der Waals surface area contributed by atoms with Crippen molar-refractivity contribution in [3.63, 3.8) is 0 Å². The van der Waals surface area contributed by atoms with Gasteiger partial charge in [0.2, 0.25) is 0 Å². The van der Waals surface area contributed by atoms with Crippen molar-refractivity contribution >= 4 is 0 Å². The predicted octanol–water partition coefficient (Wildman–Crippen LogP) is 0.497. The minimum Gasteiger partial charge on any atom is -0.395 e. The van der Waals surface area contributed by atoms with Crippen molar-refractivity contribution in [2.75, 3.05) is 46.9 Å². The number of alkyl halides is 2. The van der Waals surface area contributed by atoms with Crippen molar-refractivity contribution in [3.8, 4) is 0 Å². The summed E-state index contributed by atoms with van der Waals surface area (Å²) in [6.07, 6.45) is -1.47. The molecule has 0 saturated carbocycles. The van der Waals surface area contributed by atoms with Crippen LogP contribution in [-0.4, -0.2) is 68.2 Å². The molecule has 0 bridgehead atoms. The van der Waals surface area contributed by atoms with Gasteiger partial charge in [0, 0.05) is 6.54 Å². The van der Waals surface area contributed by atoms with Gasteiger partial charge in [-0.3, -0.25) is 4.90 Å². The average Bonchev–Trinajstić information content (AvgIpc) is 2.02. The van der Waals surface area contributed by atoms with E-state index in [9.17, 15) is 8.78 Å². The Bertz CT molecular complexity index is 134. The highest BCUT2D eigenvalue weighted by molar-refractivity contribution is 4.59. The SMILES string of the molecule is CN(C)CCCN(CCO)CC(F)F. The van der Waals surface area contributed by atoms with Crippen LogP contribution in [0, 0.1) is 0 Å². The fourth-order valence-electron chi connectivity index (χ4n) is 1.24. The Morgan fingerprint density at radius 1 is 1.14 bits per heavy atom. The van der Waals surface area contributed by atoms with E-state index >= 15 is 0 Å². The number of aliphatic hydroxyl groups is 1. The van der Waals surface area contributed by atoms with E-state index in [1.165, 1.54) is 0 Å². The summed E-state index contributed by atoms with van der Waals surface area (Å²) in [5.74, 6) is 0. The summed E-state index contributed by atoms with van der Waals surface area (Å²) in [4.78, 5) is 3.60. The van der Waals surface area contributed by atoms with E-state index in [4.69, 9.17) is 5.11 Å². The van der Waals surface area contributed by atoms with Gasteiger partial charge in [-0.25, -0.2) is 8.78 Å². The molecule has 14 heavy (non-hydrogen) atoms. The third-order valence-corrected chi connectivity index (χ3v) is 1.89. The van der Waals surface area contributed by atoms with Crippen molar-refractivity contribution < 1.29 is 13.9 Å². The summed E-state index contributed by atoms with van der Waals surface area (Å²) >= 11 is 0. The lowest BCUT2D eigenvalue weighted by molar-refractivity contribution is 0.0767. The second-order valence-corrected chi connectivity index (χ2v) is 3.57. The normalized spacial score (nSPS) is 12.0. The first-order chi connectivity index (χ1) is 6.56. The molecule has 5 heteroatoms. The van der Waals surface area contributed by atoms with Crippen molar-refractivity contribution in [1.29, 1.82) is 0 Å². The number of hydrogen-bond acceptors (Lipinski definition) is 3. The van der Waals surface area contributed by atoms with E-state index < -0.39 is 6.43 Å². The van der Waals surface area contributed by atoms with E-state index in [-0.39, 0.29) is 13.2 Å². The lowest BCUT2D eigenvalue weighted by Crippen LogP contribution is -2.33. The van der Waals surface area contributed by atoms with Crippen LogP contribution in [-0.2, 0) is 0 Å². The molecule has 0 aromatic carbocycles. The second-order valence-electron chi connectivity index (χ2n) is 3.57. The maximum Gasteiger partial charge on any atom is 0.251 e. The van der Waals surface area contributed by atoms with E-state index in [1.54, 1.807) is 4.90 Å². The molecule has 0 aliphatic rings. The summed E-state index contributed by atoms with van der Waals surface area (Å²) in [6, 6.07) is 0. The molecule has 0 rings (SSSR count). The lowest BCUT2D eigenvalue weighted by Gasteiger charge is -2.21. The molecule has 0 saturated heterocycles. The van der Waals surface area contributed by atoms with Crippen LogP contribution in [0.25, 0.3) is 0 Å². The molecule has 0 aliphatic carbocycles. The zero-order valence-electron chi connectivity index (χ0n) is 8.92. The number of halogens is 2. The molecule has 0 unspecified atom stereocenters. The summed E-state index contributed by atoms with van der Waals surface area (Å²) in [5.41, 5.74) is 0. The van der Waals surface area contributed by atoms with Gasteiger partial charge in [0.1, 0.15) is 0 Å². The van der Waals surface area contributed by atoms with E-state index in [0.717, 1.165) is 13.0 Å². The van der Waals surface area contributed by atoms with Crippen LogP contribution in [0.3, 0.4) is 0 Å². The molecule has 0 amide bonds. The molecule has 86 valence electrons. The standard InChI is InChI=1S/C9H20F2N2O/c1-12(2)4-3-5-13(6-7-14)8-9(10)11/h9,14H,3-8H2,1-2H3. The molecule has 0 atom stereocenters. The maximum atomic E-state index is 12.1. The van der Waals surface area contributed by atoms with Crippen LogP contribution in [0.2, 0.25) is 0 Å². The second kappa shape index (κ2) is 8.08. The highest BCUT2D eigenvalue weighted by Crippen LogP contribution is 1.99. The molecule has 0 aliphatic heterocycles. The van der Waals surface area contributed by atoms with Gasteiger partial charge in [-0.05, 0) is 33.6 Å². The first-order valence-electron chi connectivity index (χ1n) is 4.82. The quantitative estimate of drug-likeness (QED) is 0.632. The Balaban J connectivity index is 3.61. The van der Waals surface area contributed by atoms with E-state index in [0.29, 0.717) is 13.1 Å². The fourth-order valence-corrected chi connectivity index (χ4v) is 1.24. The van der Waals surface area contributed by atoms with E-state index in [1.807, 2.05) is 19.0 Å². The van der Waals surface area contributed by atoms with Gasteiger partial charge in [0.15, 0.2) is 0 Å². The molecule has 0 heterocycles. The van der Waals surface area contributed by atoms with Crippen LogP contribution in [0.15, 0.2) is 0 Å². The van der Waals surface area contributed by atoms with Crippen molar-refractivity contribution in [3.05, 3.63) is 0 Å². The molecule has 0 aromatic heterocycles. The van der Waals surface area contributed by atoms with Gasteiger partial charge < -0.3 is 10.0 Å². The van der Waals surface area contributed by atoms with Crippen molar-refractivity contribution in [2.24, 2.45) is 0 Å².